The molecule has 12 aromatic carbocycles. The zero-order chi connectivity index (χ0) is 73.1. The highest BCUT2D eigenvalue weighted by Gasteiger charge is 2.31. The summed E-state index contributed by atoms with van der Waals surface area (Å²) in [7, 11) is 0. The number of aromatic hydroxyl groups is 12. The van der Waals surface area contributed by atoms with E-state index in [1.165, 1.54) is 12.1 Å². The van der Waals surface area contributed by atoms with Crippen molar-refractivity contribution in [3.8, 4) is 91.2 Å². The first kappa shape index (κ1) is 70.9. The maximum atomic E-state index is 13.5. The third kappa shape index (κ3) is 14.1. The van der Waals surface area contributed by atoms with Crippen molar-refractivity contribution in [2.45, 2.75) is 92.9 Å². The minimum Gasteiger partial charge on any atom is -0.507 e. The standard InChI is InChI=1S/C43H41NO8.C41H37NO8/c1-22-8-5-10-26(16-22)12-7-13-32(45)37-28-18-24(3)35(39(48)30(28)20-33(46)41(37)50)36-25(4)19-29-31(40(36)49)21-34(47)42(51)38(29)43(52)44-15-14-27-11-6-9-23(2)17-27;1-22-18-26-28(20-31(44)39(48)35(26)30(43)15-9-14-24-10-5-3-6-11-24)37(46)33(22)34-23(2)19-27-29(38(34)47)21-32(45)40(49)36(27)41(50)42-17-16-25-12-7-4-8-13-25/h5-6,8-11,16-21,46-51H,7,12-15H2,1-4H3,(H,44,52);3-8,10-13,18-21,44-49H,9,14-17H2,1-2H3,(H,42,50). The molecule has 520 valence electrons. The number of Topliss-reactive ketones (excluding diaryl/α,β-unsaturated/α-hetero) is 2. The maximum absolute atomic E-state index is 13.5. The molecule has 102 heavy (non-hydrogen) atoms. The molecular weight excluding hydrogens is 1290 g/mol. The zero-order valence-corrected chi connectivity index (χ0v) is 57.1. The van der Waals surface area contributed by atoms with Gasteiger partial charge in [0.1, 0.15) is 23.0 Å². The van der Waals surface area contributed by atoms with Crippen LogP contribution in [0.15, 0.2) is 158 Å². The van der Waals surface area contributed by atoms with Gasteiger partial charge in [0.25, 0.3) is 11.8 Å². The van der Waals surface area contributed by atoms with Crippen LogP contribution in [0.2, 0.25) is 0 Å². The summed E-state index contributed by atoms with van der Waals surface area (Å²) in [4.78, 5) is 53.8. The molecule has 0 aromatic heterocycles. The number of carbonyl (C=O) groups is 4. The van der Waals surface area contributed by atoms with Crippen LogP contribution >= 0.6 is 0 Å². The molecule has 0 aliphatic rings. The van der Waals surface area contributed by atoms with E-state index < -0.39 is 69.4 Å². The Bertz CT molecular complexity index is 5030. The van der Waals surface area contributed by atoms with Crippen molar-refractivity contribution in [2.75, 3.05) is 13.1 Å². The molecular formula is C84H78N2O16. The van der Waals surface area contributed by atoms with E-state index in [1.807, 2.05) is 123 Å². The summed E-state index contributed by atoms with van der Waals surface area (Å²) in [5.74, 6) is -8.38. The first-order valence-electron chi connectivity index (χ1n) is 33.4. The second-order valence-electron chi connectivity index (χ2n) is 26.0. The molecule has 0 fully saturated rings. The van der Waals surface area contributed by atoms with Crippen LogP contribution in [0.5, 0.6) is 69.0 Å². The molecule has 2 amide bonds. The molecule has 18 nitrogen and oxygen atoms in total. The van der Waals surface area contributed by atoms with E-state index in [2.05, 4.69) is 10.6 Å². The van der Waals surface area contributed by atoms with Crippen molar-refractivity contribution in [1.82, 2.24) is 10.6 Å². The Morgan fingerprint density at radius 2 is 0.559 bits per heavy atom. The number of aryl methyl sites for hydroxylation is 8. The van der Waals surface area contributed by atoms with Crippen LogP contribution in [0.3, 0.4) is 0 Å². The molecule has 18 heteroatoms. The molecule has 12 rings (SSSR count). The van der Waals surface area contributed by atoms with Crippen LogP contribution in [0.4, 0.5) is 0 Å². The predicted octanol–water partition coefficient (Wildman–Crippen LogP) is 16.0. The second-order valence-corrected chi connectivity index (χ2v) is 26.0. The van der Waals surface area contributed by atoms with Crippen molar-refractivity contribution in [3.63, 3.8) is 0 Å². The van der Waals surface area contributed by atoms with Gasteiger partial charge >= 0.3 is 0 Å². The lowest BCUT2D eigenvalue weighted by atomic mass is 9.86. The Morgan fingerprint density at radius 1 is 0.284 bits per heavy atom. The van der Waals surface area contributed by atoms with Crippen LogP contribution < -0.4 is 10.6 Å². The Hall–Kier alpha value is -12.4. The Labute approximate surface area is 587 Å². The maximum Gasteiger partial charge on any atom is 0.255 e. The van der Waals surface area contributed by atoms with Crippen molar-refractivity contribution < 1.29 is 80.5 Å². The zero-order valence-electron chi connectivity index (χ0n) is 57.1. The fourth-order valence-corrected chi connectivity index (χ4v) is 13.8. The predicted molar refractivity (Wildman–Crippen MR) is 395 cm³/mol. The van der Waals surface area contributed by atoms with Gasteiger partial charge in [0.2, 0.25) is 0 Å². The highest BCUT2D eigenvalue weighted by atomic mass is 16.3. The highest BCUT2D eigenvalue weighted by molar-refractivity contribution is 6.18. The van der Waals surface area contributed by atoms with Gasteiger partial charge < -0.3 is 71.9 Å². The molecule has 0 atom stereocenters. The van der Waals surface area contributed by atoms with Gasteiger partial charge in [-0.05, 0) is 173 Å². The molecule has 0 unspecified atom stereocenters. The monoisotopic (exact) mass is 1370 g/mol. The number of phenols is 12. The number of amides is 2. The lowest BCUT2D eigenvalue weighted by molar-refractivity contribution is 0.0944. The lowest BCUT2D eigenvalue weighted by Crippen LogP contribution is -2.26. The van der Waals surface area contributed by atoms with Crippen LogP contribution in [0.1, 0.15) is 123 Å². The van der Waals surface area contributed by atoms with Crippen LogP contribution in [-0.4, -0.2) is 97.7 Å². The van der Waals surface area contributed by atoms with Gasteiger partial charge in [-0.2, -0.15) is 0 Å². The number of fused-ring (bicyclic) bond motifs is 4. The quantitative estimate of drug-likeness (QED) is 0.0249. The van der Waals surface area contributed by atoms with Gasteiger partial charge in [-0.3, -0.25) is 19.2 Å². The minimum atomic E-state index is -0.646. The fourth-order valence-electron chi connectivity index (χ4n) is 13.8. The third-order valence-corrected chi connectivity index (χ3v) is 18.8. The number of hydrogen-bond donors (Lipinski definition) is 14. The number of phenolic OH excluding ortho intramolecular Hbond substituents is 12. The summed E-state index contributed by atoms with van der Waals surface area (Å²) in [6.07, 6.45) is 3.54. The topological polar surface area (TPSA) is 335 Å². The molecule has 0 aliphatic carbocycles. The Kier molecular flexibility index (Phi) is 20.5. The average molecular weight is 1370 g/mol. The first-order chi connectivity index (χ1) is 48.7. The highest BCUT2D eigenvalue weighted by Crippen LogP contribution is 2.54. The van der Waals surface area contributed by atoms with Gasteiger partial charge in [-0.25, -0.2) is 0 Å². The van der Waals surface area contributed by atoms with Gasteiger partial charge in [0.05, 0.1) is 22.3 Å². The molecule has 12 aromatic rings. The van der Waals surface area contributed by atoms with Crippen molar-refractivity contribution in [1.29, 1.82) is 0 Å². The van der Waals surface area contributed by atoms with E-state index in [4.69, 9.17) is 0 Å². The smallest absolute Gasteiger partial charge is 0.255 e. The summed E-state index contributed by atoms with van der Waals surface area (Å²) in [5, 5.41) is 140. The van der Waals surface area contributed by atoms with Gasteiger partial charge in [0.15, 0.2) is 57.6 Å². The number of carbonyl (C=O) groups excluding carboxylic acids is 4. The summed E-state index contributed by atoms with van der Waals surface area (Å²) < 4.78 is 0. The second kappa shape index (κ2) is 29.6. The van der Waals surface area contributed by atoms with Crippen LogP contribution in [0.25, 0.3) is 65.3 Å². The molecule has 0 heterocycles. The van der Waals surface area contributed by atoms with E-state index in [9.17, 15) is 80.5 Å². The Balaban J connectivity index is 0.000000205. The van der Waals surface area contributed by atoms with Crippen molar-refractivity contribution >= 4 is 66.5 Å². The molecule has 0 aliphatic heterocycles. The third-order valence-electron chi connectivity index (χ3n) is 18.8. The minimum absolute atomic E-state index is 0.0517. The molecule has 0 saturated carbocycles. The summed E-state index contributed by atoms with van der Waals surface area (Å²) in [6.45, 7) is 11.2. The number of rotatable bonds is 20. The molecule has 0 radical (unpaired) electrons. The average Bonchev–Trinajstić information content (AvgIpc) is 0.740. The van der Waals surface area contributed by atoms with Crippen molar-refractivity contribution in [2.24, 2.45) is 0 Å². The number of nitrogens with one attached hydrogen (secondary N) is 2. The number of ketones is 2. The molecule has 0 saturated heterocycles. The normalized spacial score (nSPS) is 11.3. The summed E-state index contributed by atoms with van der Waals surface area (Å²) in [6, 6.07) is 46.1. The summed E-state index contributed by atoms with van der Waals surface area (Å²) in [5.41, 5.74) is 8.19. The van der Waals surface area contributed by atoms with E-state index in [0.29, 0.717) is 60.8 Å². The fraction of sp³-hybridized carbons (Fsp3) is 0.190. The van der Waals surface area contributed by atoms with Gasteiger partial charge in [0, 0.05) is 91.3 Å². The molecule has 14 N–H and O–H groups in total. The number of hydrogen-bond acceptors (Lipinski definition) is 16. The van der Waals surface area contributed by atoms with Gasteiger partial charge in [-0.15, -0.1) is 0 Å². The number of benzene rings is 12. The van der Waals surface area contributed by atoms with E-state index in [0.717, 1.165) is 45.5 Å². The SMILES string of the molecule is Cc1cc2c(C(=O)CCCc3ccccc3)c(O)c(O)cc2c(O)c1-c1c(C)cc2c(C(=O)NCCc3ccccc3)c(O)c(O)cc2c1O.Cc1cccc(CCCC(=O)c2c(O)c(O)cc3c(O)c(-c4c(C)cc5c(C(=O)NCCc6cccc(C)c6)c(O)c(O)cc5c4O)c(C)cc23)c1. The van der Waals surface area contributed by atoms with Crippen molar-refractivity contribution in [3.05, 3.63) is 236 Å². The van der Waals surface area contributed by atoms with E-state index in [1.54, 1.807) is 52.0 Å². The Morgan fingerprint density at radius 3 is 0.892 bits per heavy atom. The summed E-state index contributed by atoms with van der Waals surface area (Å²) >= 11 is 0. The van der Waals surface area contributed by atoms with Crippen LogP contribution in [-0.2, 0) is 25.7 Å². The largest absolute Gasteiger partial charge is 0.507 e. The first-order valence-corrected chi connectivity index (χ1v) is 33.4. The van der Waals surface area contributed by atoms with E-state index in [-0.39, 0.29) is 137 Å². The lowest BCUT2D eigenvalue weighted by Gasteiger charge is -2.20. The molecule has 0 bridgehead atoms. The van der Waals surface area contributed by atoms with Gasteiger partial charge in [-0.1, -0.05) is 120 Å². The van der Waals surface area contributed by atoms with Crippen LogP contribution in [0, 0.1) is 41.5 Å². The molecule has 0 spiro atoms. The van der Waals surface area contributed by atoms with E-state index >= 15 is 0 Å².